The summed E-state index contributed by atoms with van der Waals surface area (Å²) in [6.45, 7) is 5.12. The summed E-state index contributed by atoms with van der Waals surface area (Å²) in [5.74, 6) is -1.55. The molecule has 1 heterocycles. The van der Waals surface area contributed by atoms with E-state index in [2.05, 4.69) is 0 Å². The fourth-order valence-corrected chi connectivity index (χ4v) is 2.11. The summed E-state index contributed by atoms with van der Waals surface area (Å²) < 4.78 is 10.5. The molecule has 0 saturated carbocycles. The lowest BCUT2D eigenvalue weighted by Gasteiger charge is -2.32. The molecule has 1 aromatic carbocycles. The molecule has 4 heteroatoms. The van der Waals surface area contributed by atoms with Crippen LogP contribution in [0.4, 0.5) is 0 Å². The molecule has 0 amide bonds. The summed E-state index contributed by atoms with van der Waals surface area (Å²) in [6.07, 6.45) is 0. The van der Waals surface area contributed by atoms with Crippen molar-refractivity contribution in [2.45, 2.75) is 32.0 Å². The fourth-order valence-electron chi connectivity index (χ4n) is 2.11. The minimum atomic E-state index is -1.59. The topological polar surface area (TPSA) is 55.8 Å². The third kappa shape index (κ3) is 1.52. The Bertz CT molecular complexity index is 452. The highest BCUT2D eigenvalue weighted by atomic mass is 16.6. The molecule has 0 aromatic heterocycles. The lowest BCUT2D eigenvalue weighted by Crippen LogP contribution is -2.53. The van der Waals surface area contributed by atoms with Crippen LogP contribution in [0.25, 0.3) is 0 Å². The highest BCUT2D eigenvalue weighted by Crippen LogP contribution is 2.48. The number of fused-ring (bicyclic) bond motifs is 1. The zero-order valence-electron chi connectivity index (χ0n) is 10.2. The Morgan fingerprint density at radius 2 is 2.06 bits per heavy atom. The third-order valence-corrected chi connectivity index (χ3v) is 3.35. The minimum Gasteiger partial charge on any atom is -0.465 e. The second-order valence-corrected chi connectivity index (χ2v) is 4.43. The number of aliphatic hydroxyl groups is 1. The van der Waals surface area contributed by atoms with E-state index in [1.165, 1.54) is 6.92 Å². The van der Waals surface area contributed by atoms with Gasteiger partial charge in [-0.05, 0) is 19.9 Å². The first-order valence-corrected chi connectivity index (χ1v) is 5.61. The van der Waals surface area contributed by atoms with Crippen LogP contribution in [-0.2, 0) is 14.9 Å². The van der Waals surface area contributed by atoms with E-state index in [9.17, 15) is 9.90 Å². The Morgan fingerprint density at radius 3 is 2.71 bits per heavy atom. The zero-order chi connectivity index (χ0) is 12.7. The first-order chi connectivity index (χ1) is 7.93. The molecule has 92 valence electrons. The van der Waals surface area contributed by atoms with Gasteiger partial charge in [0.2, 0.25) is 5.79 Å². The van der Waals surface area contributed by atoms with Gasteiger partial charge < -0.3 is 14.6 Å². The second kappa shape index (κ2) is 3.74. The van der Waals surface area contributed by atoms with Gasteiger partial charge in [0, 0.05) is 12.5 Å². The third-order valence-electron chi connectivity index (χ3n) is 3.35. The van der Waals surface area contributed by atoms with E-state index in [1.807, 2.05) is 0 Å². The van der Waals surface area contributed by atoms with E-state index in [4.69, 9.17) is 9.47 Å². The van der Waals surface area contributed by atoms with Crippen molar-refractivity contribution >= 4 is 5.97 Å². The van der Waals surface area contributed by atoms with Gasteiger partial charge in [0.25, 0.3) is 0 Å². The van der Waals surface area contributed by atoms with Crippen molar-refractivity contribution in [3.05, 3.63) is 29.8 Å². The molecule has 2 unspecified atom stereocenters. The number of para-hydroxylation sites is 1. The van der Waals surface area contributed by atoms with Crippen LogP contribution < -0.4 is 4.74 Å². The Balaban J connectivity index is 2.54. The van der Waals surface area contributed by atoms with E-state index >= 15 is 0 Å². The molecule has 0 saturated heterocycles. The molecule has 0 fully saturated rings. The Labute approximate surface area is 100 Å². The van der Waals surface area contributed by atoms with Crippen LogP contribution in [0.15, 0.2) is 24.3 Å². The van der Waals surface area contributed by atoms with Gasteiger partial charge in [-0.2, -0.15) is 0 Å². The number of hydrogen-bond donors (Lipinski definition) is 1. The van der Waals surface area contributed by atoms with E-state index < -0.39 is 17.2 Å². The van der Waals surface area contributed by atoms with Gasteiger partial charge in [-0.15, -0.1) is 0 Å². The average Bonchev–Trinajstić information content (AvgIpc) is 2.48. The SMILES string of the molecule is CCOC(=O)C1(C)c2ccccc2OC1(C)O. The van der Waals surface area contributed by atoms with Crippen molar-refractivity contribution in [1.82, 2.24) is 0 Å². The van der Waals surface area contributed by atoms with E-state index in [-0.39, 0.29) is 6.61 Å². The van der Waals surface area contributed by atoms with E-state index in [0.29, 0.717) is 11.3 Å². The Hall–Kier alpha value is -1.55. The van der Waals surface area contributed by atoms with E-state index in [1.54, 1.807) is 38.1 Å². The molecular formula is C13H16O4. The summed E-state index contributed by atoms with van der Waals surface area (Å²) in [5, 5.41) is 10.3. The maximum absolute atomic E-state index is 12.1. The molecule has 4 nitrogen and oxygen atoms in total. The Morgan fingerprint density at radius 1 is 1.41 bits per heavy atom. The lowest BCUT2D eigenvalue weighted by atomic mass is 9.77. The number of carbonyl (C=O) groups excluding carboxylic acids is 1. The van der Waals surface area contributed by atoms with Crippen LogP contribution in [0.2, 0.25) is 0 Å². The van der Waals surface area contributed by atoms with Gasteiger partial charge in [-0.1, -0.05) is 18.2 Å². The zero-order valence-corrected chi connectivity index (χ0v) is 10.2. The first kappa shape index (κ1) is 11.9. The predicted molar refractivity (Wildman–Crippen MR) is 61.7 cm³/mol. The van der Waals surface area contributed by atoms with Gasteiger partial charge in [-0.25, -0.2) is 0 Å². The highest BCUT2D eigenvalue weighted by Gasteiger charge is 2.59. The highest BCUT2D eigenvalue weighted by molar-refractivity contribution is 5.86. The van der Waals surface area contributed by atoms with Crippen molar-refractivity contribution in [1.29, 1.82) is 0 Å². The van der Waals surface area contributed by atoms with Crippen molar-refractivity contribution in [3.63, 3.8) is 0 Å². The maximum atomic E-state index is 12.1. The fraction of sp³-hybridized carbons (Fsp3) is 0.462. The van der Waals surface area contributed by atoms with Crippen LogP contribution >= 0.6 is 0 Å². The van der Waals surface area contributed by atoms with E-state index in [0.717, 1.165) is 0 Å². The molecule has 2 atom stereocenters. The predicted octanol–water partition coefficient (Wildman–Crippen LogP) is 1.61. The molecule has 2 rings (SSSR count). The van der Waals surface area contributed by atoms with Gasteiger partial charge in [0.1, 0.15) is 5.75 Å². The molecule has 1 aliphatic rings. The van der Waals surface area contributed by atoms with Crippen molar-refractivity contribution < 1.29 is 19.4 Å². The molecule has 1 aromatic rings. The standard InChI is InChI=1S/C13H16O4/c1-4-16-11(14)12(2)9-7-5-6-8-10(9)17-13(12,3)15/h5-8,15H,4H2,1-3H3. The van der Waals surface area contributed by atoms with Crippen LogP contribution in [0.1, 0.15) is 26.3 Å². The molecule has 0 bridgehead atoms. The molecule has 17 heavy (non-hydrogen) atoms. The average molecular weight is 236 g/mol. The molecule has 0 spiro atoms. The summed E-state index contributed by atoms with van der Waals surface area (Å²) >= 11 is 0. The van der Waals surface area contributed by atoms with Crippen LogP contribution in [0.5, 0.6) is 5.75 Å². The molecule has 0 aliphatic carbocycles. The summed E-state index contributed by atoms with van der Waals surface area (Å²) in [7, 11) is 0. The molecule has 1 N–H and O–H groups in total. The van der Waals surface area contributed by atoms with Crippen molar-refractivity contribution in [2.75, 3.05) is 6.61 Å². The summed E-state index contributed by atoms with van der Waals surface area (Å²) in [5.41, 5.74) is -0.539. The molecular weight excluding hydrogens is 220 g/mol. The number of ether oxygens (including phenoxy) is 2. The summed E-state index contributed by atoms with van der Waals surface area (Å²) in [6, 6.07) is 7.11. The normalized spacial score (nSPS) is 30.6. The largest absolute Gasteiger partial charge is 0.465 e. The van der Waals surface area contributed by atoms with Gasteiger partial charge in [0.15, 0.2) is 5.41 Å². The van der Waals surface area contributed by atoms with Gasteiger partial charge in [0.05, 0.1) is 6.61 Å². The smallest absolute Gasteiger partial charge is 0.323 e. The first-order valence-electron chi connectivity index (χ1n) is 5.61. The van der Waals surface area contributed by atoms with Gasteiger partial charge in [-0.3, -0.25) is 4.79 Å². The number of hydrogen-bond acceptors (Lipinski definition) is 4. The minimum absolute atomic E-state index is 0.271. The van der Waals surface area contributed by atoms with Crippen molar-refractivity contribution in [2.24, 2.45) is 0 Å². The molecule has 0 radical (unpaired) electrons. The number of carbonyl (C=O) groups is 1. The maximum Gasteiger partial charge on any atom is 0.323 e. The molecule has 1 aliphatic heterocycles. The summed E-state index contributed by atoms with van der Waals surface area (Å²) in [4.78, 5) is 12.1. The van der Waals surface area contributed by atoms with Crippen molar-refractivity contribution in [3.8, 4) is 5.75 Å². The monoisotopic (exact) mass is 236 g/mol. The number of rotatable bonds is 2. The lowest BCUT2D eigenvalue weighted by molar-refractivity contribution is -0.186. The van der Waals surface area contributed by atoms with Crippen LogP contribution in [0.3, 0.4) is 0 Å². The quantitative estimate of drug-likeness (QED) is 0.792. The number of esters is 1. The Kier molecular flexibility index (Phi) is 2.62. The van der Waals surface area contributed by atoms with Gasteiger partial charge >= 0.3 is 5.97 Å². The van der Waals surface area contributed by atoms with Crippen LogP contribution in [-0.4, -0.2) is 23.5 Å². The second-order valence-electron chi connectivity index (χ2n) is 4.43. The van der Waals surface area contributed by atoms with Crippen LogP contribution in [0, 0.1) is 0 Å². The number of benzene rings is 1.